The van der Waals surface area contributed by atoms with E-state index < -0.39 is 0 Å². The second kappa shape index (κ2) is 2.04. The lowest BCUT2D eigenvalue weighted by Gasteiger charge is -2.18. The Morgan fingerprint density at radius 3 is 1.40 bits per heavy atom. The van der Waals surface area contributed by atoms with Crippen LogP contribution >= 0.6 is 0 Å². The summed E-state index contributed by atoms with van der Waals surface area (Å²) < 4.78 is 0. The van der Waals surface area contributed by atoms with Gasteiger partial charge in [-0.05, 0) is 13.8 Å². The molecule has 0 bridgehead atoms. The molecule has 0 atom stereocenters. The second-order valence-electron chi connectivity index (χ2n) is 2.71. The van der Waals surface area contributed by atoms with Crippen LogP contribution in [0.1, 0.15) is 13.8 Å². The number of rotatable bonds is 0. The van der Waals surface area contributed by atoms with Crippen LogP contribution in [0.3, 0.4) is 0 Å². The Labute approximate surface area is 62.4 Å². The molecule has 0 N–H and O–H groups in total. The quantitative estimate of drug-likeness (QED) is 0.501. The van der Waals surface area contributed by atoms with Crippen molar-refractivity contribution in [1.82, 2.24) is 9.80 Å². The number of nitrogens with zero attached hydrogens (tertiary/aromatic N) is 2. The molecule has 56 valence electrons. The van der Waals surface area contributed by atoms with E-state index >= 15 is 0 Å². The van der Waals surface area contributed by atoms with Crippen LogP contribution < -0.4 is 0 Å². The molecule has 0 aromatic heterocycles. The summed E-state index contributed by atoms with van der Waals surface area (Å²) in [6.45, 7) is 8.13. The zero-order valence-electron chi connectivity index (χ0n) is 7.10. The van der Waals surface area contributed by atoms with Crippen LogP contribution in [0.5, 0.6) is 0 Å². The van der Waals surface area contributed by atoms with Gasteiger partial charge in [0, 0.05) is 25.5 Å². The van der Waals surface area contributed by atoms with Crippen molar-refractivity contribution in [3.63, 3.8) is 0 Å². The fourth-order valence-corrected chi connectivity index (χ4v) is 1.10. The van der Waals surface area contributed by atoms with Crippen molar-refractivity contribution >= 4 is 0 Å². The number of allylic oxidation sites excluding steroid dienone is 2. The molecule has 0 fully saturated rings. The Kier molecular flexibility index (Phi) is 1.47. The van der Waals surface area contributed by atoms with Gasteiger partial charge in [-0.2, -0.15) is 0 Å². The maximum Gasteiger partial charge on any atom is 0.105 e. The molecular weight excluding hydrogens is 124 g/mol. The second-order valence-corrected chi connectivity index (χ2v) is 2.71. The van der Waals surface area contributed by atoms with E-state index in [4.69, 9.17) is 0 Å². The summed E-state index contributed by atoms with van der Waals surface area (Å²) in [6, 6.07) is 0. The molecule has 1 aliphatic heterocycles. The van der Waals surface area contributed by atoms with E-state index in [1.807, 2.05) is 14.1 Å². The van der Waals surface area contributed by atoms with Crippen LogP contribution in [0, 0.1) is 0 Å². The predicted molar refractivity (Wildman–Crippen MR) is 43.0 cm³/mol. The SMILES string of the molecule is C=C1N(C)C(C)=C(C)N1C. The maximum atomic E-state index is 3.93. The summed E-state index contributed by atoms with van der Waals surface area (Å²) >= 11 is 0. The molecule has 0 radical (unpaired) electrons. The van der Waals surface area contributed by atoms with Crippen molar-refractivity contribution in [1.29, 1.82) is 0 Å². The Morgan fingerprint density at radius 2 is 1.30 bits per heavy atom. The number of hydrogen-bond donors (Lipinski definition) is 0. The highest BCUT2D eigenvalue weighted by atomic mass is 15.4. The molecule has 0 unspecified atom stereocenters. The van der Waals surface area contributed by atoms with Crippen LogP contribution in [-0.2, 0) is 0 Å². The Morgan fingerprint density at radius 1 is 1.00 bits per heavy atom. The summed E-state index contributed by atoms with van der Waals surface area (Å²) in [5.74, 6) is 1.05. The van der Waals surface area contributed by atoms with Gasteiger partial charge in [0.2, 0.25) is 0 Å². The fraction of sp³-hybridized carbons (Fsp3) is 0.500. The minimum Gasteiger partial charge on any atom is -0.334 e. The first kappa shape index (κ1) is 7.19. The van der Waals surface area contributed by atoms with Crippen LogP contribution in [0.2, 0.25) is 0 Å². The maximum absolute atomic E-state index is 3.93. The molecule has 2 heteroatoms. The predicted octanol–water partition coefficient (Wildman–Crippen LogP) is 1.59. The zero-order chi connectivity index (χ0) is 7.89. The third-order valence-corrected chi connectivity index (χ3v) is 2.30. The van der Waals surface area contributed by atoms with Gasteiger partial charge >= 0.3 is 0 Å². The van der Waals surface area contributed by atoms with E-state index in [9.17, 15) is 0 Å². The molecule has 1 aliphatic rings. The largest absolute Gasteiger partial charge is 0.334 e. The molecule has 0 aromatic rings. The molecule has 1 rings (SSSR count). The first-order chi connectivity index (χ1) is 4.55. The van der Waals surface area contributed by atoms with E-state index in [0.717, 1.165) is 5.82 Å². The lowest BCUT2D eigenvalue weighted by atomic mass is 10.4. The summed E-state index contributed by atoms with van der Waals surface area (Å²) in [6.07, 6.45) is 0. The minimum atomic E-state index is 1.05. The lowest BCUT2D eigenvalue weighted by molar-refractivity contribution is 0.425. The Hall–Kier alpha value is -0.920. The highest BCUT2D eigenvalue weighted by Gasteiger charge is 2.20. The standard InChI is InChI=1S/C8H14N2/c1-6-7(2)10(5)8(3)9(6)4/h3H2,1-2,4-5H3. The highest BCUT2D eigenvalue weighted by molar-refractivity contribution is 5.23. The third-order valence-electron chi connectivity index (χ3n) is 2.30. The van der Waals surface area contributed by atoms with Gasteiger partial charge in [-0.15, -0.1) is 0 Å². The minimum absolute atomic E-state index is 1.05. The van der Waals surface area contributed by atoms with Crippen molar-refractivity contribution in [2.75, 3.05) is 14.1 Å². The molecule has 1 heterocycles. The first-order valence-electron chi connectivity index (χ1n) is 3.39. The molecule has 10 heavy (non-hydrogen) atoms. The van der Waals surface area contributed by atoms with Crippen molar-refractivity contribution in [2.24, 2.45) is 0 Å². The normalized spacial score (nSPS) is 19.4. The summed E-state index contributed by atoms with van der Waals surface area (Å²) in [5.41, 5.74) is 2.57. The van der Waals surface area contributed by atoms with Gasteiger partial charge in [-0.3, -0.25) is 0 Å². The highest BCUT2D eigenvalue weighted by Crippen LogP contribution is 2.26. The van der Waals surface area contributed by atoms with Gasteiger partial charge in [0.1, 0.15) is 5.82 Å². The lowest BCUT2D eigenvalue weighted by Crippen LogP contribution is -2.16. The fourth-order valence-electron chi connectivity index (χ4n) is 1.10. The van der Waals surface area contributed by atoms with E-state index in [-0.39, 0.29) is 0 Å². The Bertz CT molecular complexity index is 183. The molecule has 0 spiro atoms. The van der Waals surface area contributed by atoms with Gasteiger partial charge in [-0.25, -0.2) is 0 Å². The van der Waals surface area contributed by atoms with Crippen LogP contribution in [-0.4, -0.2) is 23.9 Å². The van der Waals surface area contributed by atoms with Gasteiger partial charge in [0.15, 0.2) is 0 Å². The average Bonchev–Trinajstić information content (AvgIpc) is 2.07. The molecular formula is C8H14N2. The van der Waals surface area contributed by atoms with Crippen molar-refractivity contribution in [3.8, 4) is 0 Å². The third kappa shape index (κ3) is 0.719. The molecule has 2 nitrogen and oxygen atoms in total. The van der Waals surface area contributed by atoms with Crippen LogP contribution in [0.25, 0.3) is 0 Å². The summed E-state index contributed by atoms with van der Waals surface area (Å²) in [5, 5.41) is 0. The van der Waals surface area contributed by atoms with Crippen molar-refractivity contribution in [2.45, 2.75) is 13.8 Å². The Balaban J connectivity index is 2.99. The average molecular weight is 138 g/mol. The van der Waals surface area contributed by atoms with Gasteiger partial charge in [-0.1, -0.05) is 6.58 Å². The molecule has 0 amide bonds. The van der Waals surface area contributed by atoms with Gasteiger partial charge in [0.25, 0.3) is 0 Å². The van der Waals surface area contributed by atoms with E-state index in [0.29, 0.717) is 0 Å². The summed E-state index contributed by atoms with van der Waals surface area (Å²) in [4.78, 5) is 4.19. The van der Waals surface area contributed by atoms with E-state index in [2.05, 4.69) is 30.2 Å². The molecule has 0 aromatic carbocycles. The van der Waals surface area contributed by atoms with E-state index in [1.165, 1.54) is 11.4 Å². The van der Waals surface area contributed by atoms with E-state index in [1.54, 1.807) is 0 Å². The van der Waals surface area contributed by atoms with Gasteiger partial charge < -0.3 is 9.80 Å². The molecule has 0 saturated carbocycles. The van der Waals surface area contributed by atoms with Crippen LogP contribution in [0.4, 0.5) is 0 Å². The first-order valence-corrected chi connectivity index (χ1v) is 3.39. The van der Waals surface area contributed by atoms with Crippen LogP contribution in [0.15, 0.2) is 23.8 Å². The van der Waals surface area contributed by atoms with Crippen molar-refractivity contribution < 1.29 is 0 Å². The summed E-state index contributed by atoms with van der Waals surface area (Å²) in [7, 11) is 4.06. The smallest absolute Gasteiger partial charge is 0.105 e. The number of hydrogen-bond acceptors (Lipinski definition) is 2. The van der Waals surface area contributed by atoms with Crippen molar-refractivity contribution in [3.05, 3.63) is 23.8 Å². The topological polar surface area (TPSA) is 6.48 Å². The zero-order valence-corrected chi connectivity index (χ0v) is 7.10. The monoisotopic (exact) mass is 138 g/mol. The van der Waals surface area contributed by atoms with Gasteiger partial charge in [0.05, 0.1) is 0 Å². The molecule has 0 aliphatic carbocycles. The molecule has 0 saturated heterocycles.